The van der Waals surface area contributed by atoms with Crippen molar-refractivity contribution in [1.29, 1.82) is 0 Å². The fourth-order valence-corrected chi connectivity index (χ4v) is 3.82. The van der Waals surface area contributed by atoms with Gasteiger partial charge in [0.1, 0.15) is 10.7 Å². The van der Waals surface area contributed by atoms with Crippen molar-refractivity contribution in [3.05, 3.63) is 16.1 Å². The maximum absolute atomic E-state index is 12.8. The van der Waals surface area contributed by atoms with Gasteiger partial charge in [0.15, 0.2) is 0 Å². The summed E-state index contributed by atoms with van der Waals surface area (Å²) in [5, 5.41) is 2.62. The van der Waals surface area contributed by atoms with Crippen molar-refractivity contribution in [3.8, 4) is 0 Å². The Kier molecular flexibility index (Phi) is 5.58. The quantitative estimate of drug-likeness (QED) is 0.837. The van der Waals surface area contributed by atoms with Gasteiger partial charge in [0, 0.05) is 36.5 Å². The molecule has 1 heterocycles. The fraction of sp³-hybridized carbons (Fsp3) is 0.750. The van der Waals surface area contributed by atoms with E-state index >= 15 is 0 Å². The lowest BCUT2D eigenvalue weighted by Crippen LogP contribution is -2.63. The zero-order valence-electron chi connectivity index (χ0n) is 14.0. The highest BCUT2D eigenvalue weighted by Crippen LogP contribution is 2.46. The Morgan fingerprint density at radius 2 is 2.27 bits per heavy atom. The summed E-state index contributed by atoms with van der Waals surface area (Å²) in [6.07, 6.45) is 2.07. The third-order valence-corrected chi connectivity index (χ3v) is 5.41. The minimum atomic E-state index is -0.0203. The first kappa shape index (κ1) is 17.4. The van der Waals surface area contributed by atoms with Gasteiger partial charge in [0.2, 0.25) is 0 Å². The van der Waals surface area contributed by atoms with Gasteiger partial charge in [-0.1, -0.05) is 20.8 Å². The molecule has 5 nitrogen and oxygen atoms in total. The first-order valence-electron chi connectivity index (χ1n) is 8.02. The van der Waals surface area contributed by atoms with Gasteiger partial charge in [-0.3, -0.25) is 4.79 Å². The van der Waals surface area contributed by atoms with Crippen LogP contribution >= 0.6 is 11.3 Å². The van der Waals surface area contributed by atoms with Crippen LogP contribution in [0, 0.1) is 5.41 Å². The van der Waals surface area contributed by atoms with Crippen LogP contribution in [0.4, 0.5) is 0 Å². The Balaban J connectivity index is 2.15. The van der Waals surface area contributed by atoms with Crippen molar-refractivity contribution in [3.63, 3.8) is 0 Å². The van der Waals surface area contributed by atoms with Crippen molar-refractivity contribution < 1.29 is 9.53 Å². The molecule has 0 bridgehead atoms. The average molecular weight is 325 g/mol. The van der Waals surface area contributed by atoms with Gasteiger partial charge < -0.3 is 15.4 Å². The van der Waals surface area contributed by atoms with Gasteiger partial charge in [0.05, 0.1) is 6.10 Å². The molecule has 1 aromatic rings. The summed E-state index contributed by atoms with van der Waals surface area (Å²) >= 11 is 1.45. The van der Waals surface area contributed by atoms with Crippen molar-refractivity contribution in [2.45, 2.75) is 59.2 Å². The van der Waals surface area contributed by atoms with E-state index < -0.39 is 0 Å². The third-order valence-electron chi connectivity index (χ3n) is 4.54. The van der Waals surface area contributed by atoms with Crippen LogP contribution in [-0.4, -0.2) is 41.1 Å². The molecular weight excluding hydrogens is 298 g/mol. The summed E-state index contributed by atoms with van der Waals surface area (Å²) in [7, 11) is 0. The molecule has 2 N–H and O–H groups in total. The van der Waals surface area contributed by atoms with E-state index in [1.165, 1.54) is 11.3 Å². The third kappa shape index (κ3) is 3.19. The highest BCUT2D eigenvalue weighted by Gasteiger charge is 2.52. The molecule has 1 amide bonds. The molecule has 1 saturated carbocycles. The van der Waals surface area contributed by atoms with E-state index in [1.807, 2.05) is 17.2 Å². The Hall–Kier alpha value is -0.980. The molecule has 1 aliphatic rings. The van der Waals surface area contributed by atoms with Crippen molar-refractivity contribution >= 4 is 17.2 Å². The minimum Gasteiger partial charge on any atom is -0.378 e. The fourth-order valence-electron chi connectivity index (χ4n) is 3.17. The second-order valence-electron chi connectivity index (χ2n) is 6.35. The molecule has 0 radical (unpaired) electrons. The number of thiazole rings is 1. The largest absolute Gasteiger partial charge is 0.378 e. The van der Waals surface area contributed by atoms with Crippen LogP contribution < -0.4 is 5.73 Å². The number of hydrogen-bond donors (Lipinski definition) is 1. The predicted molar refractivity (Wildman–Crippen MR) is 88.9 cm³/mol. The van der Waals surface area contributed by atoms with Crippen LogP contribution in [0.25, 0.3) is 0 Å². The van der Waals surface area contributed by atoms with Crippen LogP contribution in [0.1, 0.15) is 56.0 Å². The van der Waals surface area contributed by atoms with Crippen LogP contribution in [0.15, 0.2) is 5.38 Å². The molecule has 1 aromatic heterocycles. The second kappa shape index (κ2) is 7.06. The number of aromatic nitrogens is 1. The number of ether oxygens (including phenoxy) is 1. The molecule has 1 fully saturated rings. The van der Waals surface area contributed by atoms with Gasteiger partial charge in [-0.25, -0.2) is 4.98 Å². The molecule has 1 aliphatic carbocycles. The van der Waals surface area contributed by atoms with Crippen molar-refractivity contribution in [2.75, 3.05) is 13.2 Å². The summed E-state index contributed by atoms with van der Waals surface area (Å²) < 4.78 is 5.79. The molecule has 0 aliphatic heterocycles. The molecular formula is C16H27N3O2S. The van der Waals surface area contributed by atoms with Crippen LogP contribution in [0.3, 0.4) is 0 Å². The zero-order valence-corrected chi connectivity index (χ0v) is 14.8. The lowest BCUT2D eigenvalue weighted by molar-refractivity contribution is -0.140. The van der Waals surface area contributed by atoms with E-state index in [-0.39, 0.29) is 23.5 Å². The molecule has 0 spiro atoms. The van der Waals surface area contributed by atoms with E-state index in [1.54, 1.807) is 0 Å². The number of nitrogens with two attached hydrogens (primary N) is 1. The lowest BCUT2D eigenvalue weighted by Gasteiger charge is -2.55. The Morgan fingerprint density at radius 3 is 2.77 bits per heavy atom. The Bertz CT molecular complexity index is 515. The Labute approximate surface area is 136 Å². The normalized spacial score (nSPS) is 23.1. The number of amides is 1. The van der Waals surface area contributed by atoms with E-state index in [9.17, 15) is 4.79 Å². The smallest absolute Gasteiger partial charge is 0.273 e. The molecule has 2 rings (SSSR count). The van der Waals surface area contributed by atoms with Crippen molar-refractivity contribution in [2.24, 2.45) is 11.1 Å². The van der Waals surface area contributed by atoms with E-state index in [2.05, 4.69) is 25.8 Å². The van der Waals surface area contributed by atoms with E-state index in [0.29, 0.717) is 18.8 Å². The summed E-state index contributed by atoms with van der Waals surface area (Å²) in [5.41, 5.74) is 6.10. The summed E-state index contributed by atoms with van der Waals surface area (Å²) in [5.74, 6) is 0.0193. The topological polar surface area (TPSA) is 68.5 Å². The van der Waals surface area contributed by atoms with E-state index in [0.717, 1.165) is 24.4 Å². The van der Waals surface area contributed by atoms with Gasteiger partial charge in [0.25, 0.3) is 5.91 Å². The highest BCUT2D eigenvalue weighted by atomic mass is 32.1. The number of hydrogen-bond acceptors (Lipinski definition) is 5. The van der Waals surface area contributed by atoms with Gasteiger partial charge in [-0.05, 0) is 19.8 Å². The number of carbonyl (C=O) groups is 1. The number of carbonyl (C=O) groups excluding carboxylic acids is 1. The molecule has 0 saturated heterocycles. The molecule has 0 aromatic carbocycles. The molecule has 22 heavy (non-hydrogen) atoms. The molecule has 6 heteroatoms. The summed E-state index contributed by atoms with van der Waals surface area (Å²) in [6.45, 7) is 10.3. The molecule has 2 atom stereocenters. The summed E-state index contributed by atoms with van der Waals surface area (Å²) in [4.78, 5) is 19.2. The predicted octanol–water partition coefficient (Wildman–Crippen LogP) is 2.66. The summed E-state index contributed by atoms with van der Waals surface area (Å²) in [6, 6.07) is 0.208. The first-order chi connectivity index (χ1) is 10.5. The first-order valence-corrected chi connectivity index (χ1v) is 8.90. The highest BCUT2D eigenvalue weighted by molar-refractivity contribution is 7.09. The number of nitrogens with zero attached hydrogens (tertiary/aromatic N) is 2. The maximum atomic E-state index is 12.8. The maximum Gasteiger partial charge on any atom is 0.273 e. The van der Waals surface area contributed by atoms with Crippen LogP contribution in [0.2, 0.25) is 0 Å². The average Bonchev–Trinajstić information content (AvgIpc) is 2.98. The van der Waals surface area contributed by atoms with Gasteiger partial charge in [-0.15, -0.1) is 11.3 Å². The standard InChI is InChI=1S/C16H27N3O2S/c1-5-7-19(12-8-13(21-6-2)16(12,3)4)15(20)11-10-22-14(9-17)18-11/h10,12-13H,5-9,17H2,1-4H3. The molecule has 124 valence electrons. The minimum absolute atomic E-state index is 0.0193. The van der Waals surface area contributed by atoms with Crippen LogP contribution in [0.5, 0.6) is 0 Å². The van der Waals surface area contributed by atoms with Gasteiger partial charge in [-0.2, -0.15) is 0 Å². The number of rotatable bonds is 7. The Morgan fingerprint density at radius 1 is 1.55 bits per heavy atom. The monoisotopic (exact) mass is 325 g/mol. The van der Waals surface area contributed by atoms with Crippen LogP contribution in [-0.2, 0) is 11.3 Å². The van der Waals surface area contributed by atoms with E-state index in [4.69, 9.17) is 10.5 Å². The SMILES string of the molecule is CCCN(C(=O)c1csc(CN)n1)C1CC(OCC)C1(C)C. The zero-order chi connectivity index (χ0) is 16.3. The second-order valence-corrected chi connectivity index (χ2v) is 7.29. The van der Waals surface area contributed by atoms with Crippen molar-refractivity contribution in [1.82, 2.24) is 9.88 Å². The lowest BCUT2D eigenvalue weighted by atomic mass is 9.63. The van der Waals surface area contributed by atoms with Gasteiger partial charge >= 0.3 is 0 Å². The molecule has 2 unspecified atom stereocenters.